The van der Waals surface area contributed by atoms with Gasteiger partial charge in [-0.25, -0.2) is 14.6 Å². The minimum atomic E-state index is -1.15. The summed E-state index contributed by atoms with van der Waals surface area (Å²) in [6.07, 6.45) is 1.49. The Morgan fingerprint density at radius 3 is 2.29 bits per heavy atom. The second-order valence-corrected chi connectivity index (χ2v) is 8.82. The van der Waals surface area contributed by atoms with E-state index in [-0.39, 0.29) is 22.2 Å². The molecule has 11 heteroatoms. The second-order valence-electron chi connectivity index (χ2n) is 7.81. The maximum Gasteiger partial charge on any atom is 0.342 e. The number of benzene rings is 3. The van der Waals surface area contributed by atoms with E-state index in [9.17, 15) is 14.7 Å². The number of hydrogen-bond donors (Lipinski definition) is 3. The van der Waals surface area contributed by atoms with Crippen LogP contribution in [0.25, 0.3) is 17.5 Å². The molecule has 0 fully saturated rings. The molecule has 0 unspecified atom stereocenters. The molecule has 0 spiro atoms. The summed E-state index contributed by atoms with van der Waals surface area (Å²) in [5.74, 6) is -0.117. The minimum absolute atomic E-state index is 0.0133. The molecule has 0 saturated heterocycles. The van der Waals surface area contributed by atoms with Crippen LogP contribution in [0, 0.1) is 0 Å². The average molecular weight is 534 g/mol. The zero-order chi connectivity index (χ0) is 27.1. The van der Waals surface area contributed by atoms with Crippen molar-refractivity contribution in [3.63, 3.8) is 0 Å². The highest BCUT2D eigenvalue weighted by molar-refractivity contribution is 8.04. The van der Waals surface area contributed by atoms with E-state index in [1.54, 1.807) is 68.8 Å². The lowest BCUT2D eigenvalue weighted by molar-refractivity contribution is -0.131. The van der Waals surface area contributed by atoms with Gasteiger partial charge in [-0.3, -0.25) is 5.10 Å². The molecule has 0 aliphatic rings. The fraction of sp³-hybridized carbons (Fsp3) is 0.111. The number of ether oxygens (including phenoxy) is 3. The Balaban J connectivity index is 1.53. The third-order valence-electron chi connectivity index (χ3n) is 5.30. The van der Waals surface area contributed by atoms with Gasteiger partial charge in [0.25, 0.3) is 0 Å². The van der Waals surface area contributed by atoms with Gasteiger partial charge < -0.3 is 24.4 Å². The molecule has 0 saturated carbocycles. The molecule has 38 heavy (non-hydrogen) atoms. The van der Waals surface area contributed by atoms with Gasteiger partial charge in [0.05, 0.1) is 19.8 Å². The van der Waals surface area contributed by atoms with Crippen LogP contribution >= 0.6 is 11.8 Å². The molecule has 4 rings (SSSR count). The number of aliphatic carboxylic acids is 1. The normalized spacial score (nSPS) is 11.2. The van der Waals surface area contributed by atoms with E-state index in [2.05, 4.69) is 15.2 Å². The largest absolute Gasteiger partial charge is 0.497 e. The van der Waals surface area contributed by atoms with E-state index in [0.29, 0.717) is 34.2 Å². The molecule has 1 heterocycles. The smallest absolute Gasteiger partial charge is 0.342 e. The number of para-hydroxylation sites is 1. The Labute approximate surface area is 221 Å². The van der Waals surface area contributed by atoms with Crippen molar-refractivity contribution in [3.05, 3.63) is 88.3 Å². The molecular weight excluding hydrogens is 510 g/mol. The standard InChI is InChI=1S/C27H23N3O7S/c1-35-20-11-19(12-21(14-20)36-2)24-28-27(30-29-24)38-23(26(33)34)13-18-5-3-4-6-22(18)37-15-16-7-9-17(10-8-16)25(31)32/h3-14H,15H2,1-2H3,(H,31,32)(H,33,34)(H,28,29,30)/b23-13-. The number of aromatic amines is 1. The number of rotatable bonds is 11. The number of H-pyrrole nitrogens is 1. The van der Waals surface area contributed by atoms with Crippen molar-refractivity contribution in [1.82, 2.24) is 15.2 Å². The lowest BCUT2D eigenvalue weighted by atomic mass is 10.1. The molecule has 0 aliphatic carbocycles. The molecule has 3 aromatic carbocycles. The number of nitrogens with one attached hydrogen (secondary N) is 1. The Bertz CT molecular complexity index is 1460. The fourth-order valence-corrected chi connectivity index (χ4v) is 4.07. The Hall–Kier alpha value is -4.77. The Morgan fingerprint density at radius 1 is 0.974 bits per heavy atom. The second kappa shape index (κ2) is 12.0. The first-order valence-electron chi connectivity index (χ1n) is 11.2. The van der Waals surface area contributed by atoms with Crippen LogP contribution in [-0.2, 0) is 11.4 Å². The zero-order valence-corrected chi connectivity index (χ0v) is 21.2. The Kier molecular flexibility index (Phi) is 8.29. The van der Waals surface area contributed by atoms with Gasteiger partial charge in [-0.2, -0.15) is 0 Å². The van der Waals surface area contributed by atoms with E-state index in [0.717, 1.165) is 17.3 Å². The average Bonchev–Trinajstić information content (AvgIpc) is 3.40. The van der Waals surface area contributed by atoms with Crippen molar-refractivity contribution in [2.24, 2.45) is 0 Å². The summed E-state index contributed by atoms with van der Waals surface area (Å²) in [5.41, 5.74) is 2.16. The highest BCUT2D eigenvalue weighted by atomic mass is 32.2. The van der Waals surface area contributed by atoms with Crippen LogP contribution in [0.5, 0.6) is 17.2 Å². The highest BCUT2D eigenvalue weighted by Crippen LogP contribution is 2.32. The molecule has 0 atom stereocenters. The molecule has 0 bridgehead atoms. The summed E-state index contributed by atoms with van der Waals surface area (Å²) in [6.45, 7) is 0.175. The maximum atomic E-state index is 12.1. The quantitative estimate of drug-likeness (QED) is 0.178. The van der Waals surface area contributed by atoms with Crippen LogP contribution in [0.2, 0.25) is 0 Å². The lowest BCUT2D eigenvalue weighted by Crippen LogP contribution is -2.01. The van der Waals surface area contributed by atoms with Crippen molar-refractivity contribution in [2.75, 3.05) is 14.2 Å². The maximum absolute atomic E-state index is 12.1. The zero-order valence-electron chi connectivity index (χ0n) is 20.4. The number of carbonyl (C=O) groups is 2. The monoisotopic (exact) mass is 533 g/mol. The van der Waals surface area contributed by atoms with Gasteiger partial charge in [0.15, 0.2) is 5.82 Å². The number of thioether (sulfide) groups is 1. The van der Waals surface area contributed by atoms with Crippen LogP contribution in [0.3, 0.4) is 0 Å². The van der Waals surface area contributed by atoms with Gasteiger partial charge in [-0.05, 0) is 53.7 Å². The number of aromatic nitrogens is 3. The minimum Gasteiger partial charge on any atom is -0.497 e. The van der Waals surface area contributed by atoms with Gasteiger partial charge in [0, 0.05) is 17.2 Å². The molecule has 0 radical (unpaired) electrons. The summed E-state index contributed by atoms with van der Waals surface area (Å²) >= 11 is 0.889. The van der Waals surface area contributed by atoms with E-state index < -0.39 is 11.9 Å². The number of hydrogen-bond acceptors (Lipinski definition) is 8. The number of carboxylic acids is 2. The van der Waals surface area contributed by atoms with Crippen molar-refractivity contribution >= 4 is 29.8 Å². The van der Waals surface area contributed by atoms with Crippen molar-refractivity contribution in [3.8, 4) is 28.6 Å². The molecule has 0 aliphatic heterocycles. The summed E-state index contributed by atoms with van der Waals surface area (Å²) in [6, 6.07) is 18.6. The van der Waals surface area contributed by atoms with Crippen molar-refractivity contribution in [1.29, 1.82) is 0 Å². The summed E-state index contributed by atoms with van der Waals surface area (Å²) in [5, 5.41) is 26.1. The van der Waals surface area contributed by atoms with Crippen LogP contribution < -0.4 is 14.2 Å². The van der Waals surface area contributed by atoms with Gasteiger partial charge >= 0.3 is 11.9 Å². The van der Waals surface area contributed by atoms with E-state index in [4.69, 9.17) is 19.3 Å². The summed E-state index contributed by atoms with van der Waals surface area (Å²) in [4.78, 5) is 27.5. The van der Waals surface area contributed by atoms with E-state index in [1.165, 1.54) is 18.2 Å². The SMILES string of the molecule is COc1cc(OC)cc(-c2nc(S/C(=C\c3ccccc3OCc3ccc(C(=O)O)cc3)C(=O)O)n[nH]2)c1. The number of aromatic carboxylic acids is 1. The van der Waals surface area contributed by atoms with Gasteiger partial charge in [0.1, 0.15) is 28.8 Å². The van der Waals surface area contributed by atoms with Gasteiger partial charge in [-0.15, -0.1) is 5.10 Å². The third-order valence-corrected chi connectivity index (χ3v) is 6.18. The van der Waals surface area contributed by atoms with Crippen molar-refractivity contribution < 1.29 is 34.0 Å². The summed E-state index contributed by atoms with van der Waals surface area (Å²) < 4.78 is 16.5. The Morgan fingerprint density at radius 2 is 1.66 bits per heavy atom. The molecule has 1 aromatic heterocycles. The van der Waals surface area contributed by atoms with E-state index in [1.807, 2.05) is 0 Å². The van der Waals surface area contributed by atoms with Crippen LogP contribution in [0.4, 0.5) is 0 Å². The predicted octanol–water partition coefficient (Wildman–Crippen LogP) is 4.98. The molecule has 0 amide bonds. The first-order valence-corrected chi connectivity index (χ1v) is 12.0. The fourth-order valence-electron chi connectivity index (χ4n) is 3.38. The number of methoxy groups -OCH3 is 2. The molecule has 4 aromatic rings. The topological polar surface area (TPSA) is 144 Å². The molecule has 3 N–H and O–H groups in total. The predicted molar refractivity (Wildman–Crippen MR) is 141 cm³/mol. The van der Waals surface area contributed by atoms with Gasteiger partial charge in [-0.1, -0.05) is 30.3 Å². The lowest BCUT2D eigenvalue weighted by Gasteiger charge is -2.10. The first kappa shape index (κ1) is 26.3. The molecular formula is C27H23N3O7S. The van der Waals surface area contributed by atoms with Crippen LogP contribution in [0.15, 0.2) is 76.8 Å². The summed E-state index contributed by atoms with van der Waals surface area (Å²) in [7, 11) is 3.08. The highest BCUT2D eigenvalue weighted by Gasteiger charge is 2.16. The third kappa shape index (κ3) is 6.51. The van der Waals surface area contributed by atoms with Crippen LogP contribution in [-0.4, -0.2) is 51.6 Å². The van der Waals surface area contributed by atoms with Crippen LogP contribution in [0.1, 0.15) is 21.5 Å². The van der Waals surface area contributed by atoms with E-state index >= 15 is 0 Å². The van der Waals surface area contributed by atoms with Gasteiger partial charge in [0.2, 0.25) is 5.16 Å². The van der Waals surface area contributed by atoms with Crippen molar-refractivity contribution in [2.45, 2.75) is 11.8 Å². The molecule has 10 nitrogen and oxygen atoms in total. The molecule has 194 valence electrons. The number of carboxylic acid groups (broad SMARTS) is 2. The first-order chi connectivity index (χ1) is 18.4. The number of nitrogens with zero attached hydrogens (tertiary/aromatic N) is 2.